The maximum atomic E-state index is 11.9. The first kappa shape index (κ1) is 12.2. The van der Waals surface area contributed by atoms with Crippen LogP contribution in [0.15, 0.2) is 23.3 Å². The van der Waals surface area contributed by atoms with Crippen LogP contribution in [-0.2, 0) is 9.84 Å². The minimum Gasteiger partial charge on any atom is -0.227 e. The summed E-state index contributed by atoms with van der Waals surface area (Å²) in [5.74, 6) is 0. The average molecular weight is 261 g/mol. The van der Waals surface area contributed by atoms with Gasteiger partial charge in [0, 0.05) is 0 Å². The minimum absolute atomic E-state index is 0.276. The topological polar surface area (TPSA) is 34.1 Å². The Labute approximate surface area is 102 Å². The van der Waals surface area contributed by atoms with Gasteiger partial charge in [-0.05, 0) is 38.5 Å². The Morgan fingerprint density at radius 1 is 1.31 bits per heavy atom. The molecule has 2 aliphatic rings. The fourth-order valence-corrected chi connectivity index (χ4v) is 4.58. The predicted octanol–water partition coefficient (Wildman–Crippen LogP) is 3.19. The minimum atomic E-state index is -3.18. The van der Waals surface area contributed by atoms with Crippen molar-refractivity contribution in [1.29, 1.82) is 0 Å². The summed E-state index contributed by atoms with van der Waals surface area (Å²) in [5.41, 5.74) is 3.51. The van der Waals surface area contributed by atoms with E-state index in [9.17, 15) is 8.42 Å². The molecule has 2 rings (SSSR count). The monoisotopic (exact) mass is 260 g/mol. The molecule has 1 atom stereocenters. The van der Waals surface area contributed by atoms with Crippen LogP contribution < -0.4 is 0 Å². The molecular weight excluding hydrogens is 244 g/mol. The second kappa shape index (κ2) is 4.53. The van der Waals surface area contributed by atoms with E-state index in [0.29, 0.717) is 6.42 Å². The van der Waals surface area contributed by atoms with E-state index in [2.05, 4.69) is 6.58 Å². The molecule has 0 radical (unpaired) electrons. The van der Waals surface area contributed by atoms with Crippen LogP contribution in [0.2, 0.25) is 0 Å². The molecule has 4 heteroatoms. The lowest BCUT2D eigenvalue weighted by atomic mass is 9.80. The number of allylic oxidation sites excluding steroid dienone is 2. The maximum absolute atomic E-state index is 11.9. The normalized spacial score (nSPS) is 26.8. The van der Waals surface area contributed by atoms with Crippen LogP contribution in [0.4, 0.5) is 0 Å². The van der Waals surface area contributed by atoms with Crippen LogP contribution >= 0.6 is 11.6 Å². The van der Waals surface area contributed by atoms with E-state index in [-0.39, 0.29) is 10.5 Å². The third-order valence-electron chi connectivity index (χ3n) is 3.54. The highest BCUT2D eigenvalue weighted by atomic mass is 35.5. The Hall–Kier alpha value is -0.280. The molecular formula is C12H17ClO2S. The quantitative estimate of drug-likeness (QED) is 0.564. The molecule has 2 aliphatic carbocycles. The van der Waals surface area contributed by atoms with Gasteiger partial charge < -0.3 is 0 Å². The van der Waals surface area contributed by atoms with Crippen molar-refractivity contribution in [3.8, 4) is 0 Å². The molecule has 2 nitrogen and oxygen atoms in total. The van der Waals surface area contributed by atoms with E-state index in [1.54, 1.807) is 0 Å². The zero-order chi connectivity index (χ0) is 11.8. The summed E-state index contributed by atoms with van der Waals surface area (Å²) < 4.78 is 23.9. The molecule has 0 N–H and O–H groups in total. The Kier molecular flexibility index (Phi) is 3.45. The summed E-state index contributed by atoms with van der Waals surface area (Å²) in [6, 6.07) is 0. The zero-order valence-corrected chi connectivity index (χ0v) is 10.9. The van der Waals surface area contributed by atoms with Crippen LogP contribution in [-0.4, -0.2) is 18.9 Å². The Morgan fingerprint density at radius 3 is 2.69 bits per heavy atom. The lowest BCUT2D eigenvalue weighted by Gasteiger charge is -2.32. The molecule has 0 aromatic heterocycles. The molecule has 0 aromatic rings. The highest BCUT2D eigenvalue weighted by Crippen LogP contribution is 2.40. The molecule has 0 fully saturated rings. The van der Waals surface area contributed by atoms with Gasteiger partial charge in [0.05, 0.1) is 5.25 Å². The van der Waals surface area contributed by atoms with Gasteiger partial charge in [-0.3, -0.25) is 0 Å². The number of hydrogen-bond acceptors (Lipinski definition) is 2. The fraction of sp³-hybridized carbons (Fsp3) is 0.667. The molecule has 0 spiro atoms. The molecule has 0 unspecified atom stereocenters. The summed E-state index contributed by atoms with van der Waals surface area (Å²) in [6.07, 6.45) is 5.75. The van der Waals surface area contributed by atoms with Crippen molar-refractivity contribution in [3.63, 3.8) is 0 Å². The smallest absolute Gasteiger partial charge is 0.171 e. The van der Waals surface area contributed by atoms with Crippen molar-refractivity contribution < 1.29 is 8.42 Å². The van der Waals surface area contributed by atoms with E-state index >= 15 is 0 Å². The SMILES string of the molecule is C=C1CC2=C(CCCC2)[C@H](S(=O)(=O)CCl)C1. The predicted molar refractivity (Wildman–Crippen MR) is 67.3 cm³/mol. The summed E-state index contributed by atoms with van der Waals surface area (Å²) >= 11 is 5.57. The van der Waals surface area contributed by atoms with Crippen molar-refractivity contribution in [2.45, 2.75) is 43.8 Å². The second-order valence-corrected chi connectivity index (χ2v) is 7.50. The molecule has 0 bridgehead atoms. The molecule has 90 valence electrons. The number of hydrogen-bond donors (Lipinski definition) is 0. The largest absolute Gasteiger partial charge is 0.227 e. The Morgan fingerprint density at radius 2 is 2.00 bits per heavy atom. The first-order valence-corrected chi connectivity index (χ1v) is 7.94. The van der Waals surface area contributed by atoms with Gasteiger partial charge in [0.1, 0.15) is 5.21 Å². The lowest BCUT2D eigenvalue weighted by molar-refractivity contribution is 0.564. The Bertz CT molecular complexity index is 434. The second-order valence-electron chi connectivity index (χ2n) is 4.73. The van der Waals surface area contributed by atoms with Crippen LogP contribution in [0, 0.1) is 0 Å². The van der Waals surface area contributed by atoms with Gasteiger partial charge >= 0.3 is 0 Å². The highest BCUT2D eigenvalue weighted by Gasteiger charge is 2.34. The third kappa shape index (κ3) is 2.21. The van der Waals surface area contributed by atoms with Crippen molar-refractivity contribution in [1.82, 2.24) is 0 Å². The van der Waals surface area contributed by atoms with Crippen LogP contribution in [0.1, 0.15) is 38.5 Å². The van der Waals surface area contributed by atoms with Gasteiger partial charge in [0.25, 0.3) is 0 Å². The summed E-state index contributed by atoms with van der Waals surface area (Å²) in [6.45, 7) is 3.96. The first-order valence-electron chi connectivity index (χ1n) is 5.69. The number of alkyl halides is 1. The first-order chi connectivity index (χ1) is 7.54. The molecule has 0 saturated carbocycles. The van der Waals surface area contributed by atoms with E-state index in [4.69, 9.17) is 11.6 Å². The number of halogens is 1. The van der Waals surface area contributed by atoms with Crippen LogP contribution in [0.5, 0.6) is 0 Å². The maximum Gasteiger partial charge on any atom is 0.171 e. The van der Waals surface area contributed by atoms with Crippen LogP contribution in [0.3, 0.4) is 0 Å². The van der Waals surface area contributed by atoms with Crippen LogP contribution in [0.25, 0.3) is 0 Å². The fourth-order valence-electron chi connectivity index (χ4n) is 2.76. The van der Waals surface area contributed by atoms with Gasteiger partial charge in [0.15, 0.2) is 9.84 Å². The Balaban J connectivity index is 2.40. The van der Waals surface area contributed by atoms with E-state index in [0.717, 1.165) is 36.8 Å². The molecule has 16 heavy (non-hydrogen) atoms. The van der Waals surface area contributed by atoms with Crippen molar-refractivity contribution in [2.24, 2.45) is 0 Å². The van der Waals surface area contributed by atoms with Gasteiger partial charge in [0.2, 0.25) is 0 Å². The van der Waals surface area contributed by atoms with Gasteiger partial charge in [-0.1, -0.05) is 23.3 Å². The van der Waals surface area contributed by atoms with E-state index < -0.39 is 9.84 Å². The average Bonchev–Trinajstić information content (AvgIpc) is 2.28. The lowest BCUT2D eigenvalue weighted by Crippen LogP contribution is -2.30. The van der Waals surface area contributed by atoms with Crippen molar-refractivity contribution in [3.05, 3.63) is 23.3 Å². The molecule has 0 amide bonds. The molecule has 0 aliphatic heterocycles. The summed E-state index contributed by atoms with van der Waals surface area (Å²) in [4.78, 5) is 0. The van der Waals surface area contributed by atoms with Crippen molar-refractivity contribution in [2.75, 3.05) is 5.21 Å². The van der Waals surface area contributed by atoms with Gasteiger partial charge in [-0.15, -0.1) is 11.6 Å². The number of sulfone groups is 1. The molecule has 0 saturated heterocycles. The summed E-state index contributed by atoms with van der Waals surface area (Å²) in [5, 5.41) is -0.650. The van der Waals surface area contributed by atoms with Gasteiger partial charge in [-0.2, -0.15) is 0 Å². The highest BCUT2D eigenvalue weighted by molar-refractivity contribution is 7.93. The number of rotatable bonds is 2. The van der Waals surface area contributed by atoms with Crippen molar-refractivity contribution >= 4 is 21.4 Å². The van der Waals surface area contributed by atoms with E-state index in [1.165, 1.54) is 12.0 Å². The summed E-state index contributed by atoms with van der Waals surface area (Å²) in [7, 11) is -3.18. The molecule has 0 aromatic carbocycles. The third-order valence-corrected chi connectivity index (χ3v) is 6.08. The van der Waals surface area contributed by atoms with E-state index in [1.807, 2.05) is 0 Å². The van der Waals surface area contributed by atoms with Gasteiger partial charge in [-0.25, -0.2) is 8.42 Å². The zero-order valence-electron chi connectivity index (χ0n) is 9.34. The standard InChI is InChI=1S/C12H17ClO2S/c1-9-6-10-4-2-3-5-11(10)12(7-9)16(14,15)8-13/h12H,1-8H2/t12-/m1/s1. The molecule has 0 heterocycles.